The largest absolute Gasteiger partial charge is 0.313 e. The highest BCUT2D eigenvalue weighted by Crippen LogP contribution is 2.48. The van der Waals surface area contributed by atoms with Crippen LogP contribution in [0.1, 0.15) is 12.8 Å². The second kappa shape index (κ2) is 11.2. The number of para-hydroxylation sites is 2. The van der Waals surface area contributed by atoms with Gasteiger partial charge in [0.1, 0.15) is 0 Å². The van der Waals surface area contributed by atoms with Crippen LogP contribution in [0.4, 0.5) is 0 Å². The van der Waals surface area contributed by atoms with Crippen LogP contribution >= 0.6 is 11.3 Å². The van der Waals surface area contributed by atoms with Gasteiger partial charge in [0, 0.05) is 58.7 Å². The number of rotatable bonds is 4. The molecule has 0 saturated carbocycles. The van der Waals surface area contributed by atoms with Crippen LogP contribution in [0, 0.1) is 0 Å². The van der Waals surface area contributed by atoms with Crippen LogP contribution in [0.3, 0.4) is 0 Å². The number of benzene rings is 7. The van der Waals surface area contributed by atoms with Gasteiger partial charge in [-0.15, -0.1) is 11.3 Å². The van der Waals surface area contributed by atoms with Crippen LogP contribution in [0.25, 0.3) is 97.4 Å². The van der Waals surface area contributed by atoms with Crippen LogP contribution in [0.5, 0.6) is 0 Å². The van der Waals surface area contributed by atoms with Crippen LogP contribution in [-0.4, -0.2) is 9.13 Å². The van der Waals surface area contributed by atoms with Crippen molar-refractivity contribution in [3.63, 3.8) is 0 Å². The summed E-state index contributed by atoms with van der Waals surface area (Å²) in [5.41, 5.74) is 12.5. The molecule has 0 bridgehead atoms. The van der Waals surface area contributed by atoms with Gasteiger partial charge in [-0.3, -0.25) is 0 Å². The fraction of sp³-hybridized carbons (Fsp3) is 0.0417. The van der Waals surface area contributed by atoms with Gasteiger partial charge >= 0.3 is 0 Å². The van der Waals surface area contributed by atoms with Crippen molar-refractivity contribution < 1.29 is 0 Å². The molecule has 51 heavy (non-hydrogen) atoms. The molecule has 7 aromatic carbocycles. The summed E-state index contributed by atoms with van der Waals surface area (Å²) in [5, 5.41) is 7.78. The molecule has 1 aliphatic carbocycles. The average Bonchev–Trinajstić information content (AvgIpc) is 3.86. The number of nitrogens with zero attached hydrogens (tertiary/aromatic N) is 2. The number of hydrogen-bond acceptors (Lipinski definition) is 1. The van der Waals surface area contributed by atoms with E-state index in [0.29, 0.717) is 0 Å². The third-order valence-corrected chi connectivity index (χ3v) is 12.0. The van der Waals surface area contributed by atoms with Gasteiger partial charge in [0.25, 0.3) is 0 Å². The number of hydrogen-bond donors (Lipinski definition) is 0. The minimum atomic E-state index is 1.05. The summed E-state index contributed by atoms with van der Waals surface area (Å²) in [6.07, 6.45) is 8.87. The second-order valence-corrected chi connectivity index (χ2v) is 14.7. The van der Waals surface area contributed by atoms with E-state index >= 15 is 0 Å². The Morgan fingerprint density at radius 1 is 0.490 bits per heavy atom. The maximum Gasteiger partial charge on any atom is 0.0634 e. The molecule has 0 saturated heterocycles. The second-order valence-electron chi connectivity index (χ2n) is 13.6. The van der Waals surface area contributed by atoms with E-state index < -0.39 is 0 Å². The monoisotopic (exact) mass is 668 g/mol. The van der Waals surface area contributed by atoms with Crippen molar-refractivity contribution >= 4 is 80.8 Å². The molecule has 0 atom stereocenters. The Balaban J connectivity index is 1.23. The van der Waals surface area contributed by atoms with Gasteiger partial charge in [0.05, 0.1) is 22.1 Å². The van der Waals surface area contributed by atoms with E-state index in [1.165, 1.54) is 97.4 Å². The lowest BCUT2D eigenvalue weighted by Gasteiger charge is -2.14. The summed E-state index contributed by atoms with van der Waals surface area (Å²) in [6, 6.07) is 56.1. The summed E-state index contributed by atoms with van der Waals surface area (Å²) < 4.78 is 7.63. The Kier molecular flexibility index (Phi) is 6.28. The first-order valence-corrected chi connectivity index (χ1v) is 18.6. The Hall–Kier alpha value is -6.16. The fourth-order valence-electron chi connectivity index (χ4n) is 8.50. The lowest BCUT2D eigenvalue weighted by atomic mass is 9.97. The molecule has 3 heterocycles. The van der Waals surface area contributed by atoms with Crippen LogP contribution in [-0.2, 0) is 0 Å². The first-order valence-electron chi connectivity index (χ1n) is 17.7. The third kappa shape index (κ3) is 4.28. The Morgan fingerprint density at radius 3 is 2.02 bits per heavy atom. The molecule has 1 aliphatic rings. The Labute approximate surface area is 299 Å². The lowest BCUT2D eigenvalue weighted by molar-refractivity contribution is 0.979. The van der Waals surface area contributed by atoms with E-state index in [0.717, 1.165) is 12.8 Å². The molecule has 0 radical (unpaired) electrons. The first kappa shape index (κ1) is 28.7. The summed E-state index contributed by atoms with van der Waals surface area (Å²) in [6.45, 7) is 0. The van der Waals surface area contributed by atoms with Gasteiger partial charge in [-0.25, -0.2) is 0 Å². The summed E-state index contributed by atoms with van der Waals surface area (Å²) in [7, 11) is 0. The van der Waals surface area contributed by atoms with Crippen molar-refractivity contribution in [3.05, 3.63) is 170 Å². The van der Waals surface area contributed by atoms with Gasteiger partial charge in [-0.1, -0.05) is 115 Å². The fourth-order valence-corrected chi connectivity index (χ4v) is 9.74. The van der Waals surface area contributed by atoms with Crippen molar-refractivity contribution in [1.29, 1.82) is 0 Å². The normalized spacial score (nSPS) is 13.4. The Morgan fingerprint density at radius 2 is 1.20 bits per heavy atom. The van der Waals surface area contributed by atoms with E-state index in [2.05, 4.69) is 179 Å². The van der Waals surface area contributed by atoms with E-state index in [-0.39, 0.29) is 0 Å². The van der Waals surface area contributed by atoms with Crippen LogP contribution in [0.15, 0.2) is 170 Å². The maximum absolute atomic E-state index is 2.51. The molecule has 3 aromatic heterocycles. The van der Waals surface area contributed by atoms with Gasteiger partial charge in [-0.05, 0) is 84.1 Å². The van der Waals surface area contributed by atoms with Gasteiger partial charge in [0.2, 0.25) is 0 Å². The van der Waals surface area contributed by atoms with Crippen LogP contribution < -0.4 is 0 Å². The van der Waals surface area contributed by atoms with E-state index in [1.807, 2.05) is 11.3 Å². The molecule has 0 aliphatic heterocycles. The van der Waals surface area contributed by atoms with Crippen molar-refractivity contribution in [2.24, 2.45) is 0 Å². The summed E-state index contributed by atoms with van der Waals surface area (Å²) in [5.74, 6) is 0. The zero-order valence-corrected chi connectivity index (χ0v) is 28.7. The molecule has 0 unspecified atom stereocenters. The number of thiophene rings is 1. The predicted molar refractivity (Wildman–Crippen MR) is 220 cm³/mol. The SMILES string of the molecule is C1=CCCC(n2c3ccccc3c3cc(-c4cc5c6ccccc6n(-c6cccc(-c7ccccc7)c6)c5c5c4sc4ccccc45)ccc32)=C1. The standard InChI is InChI=1S/C48H32N2S/c1-3-14-31(15-4-1)32-16-13-19-35(28-32)50-43-24-11-8-21-37(43)41-30-39(48-46(47(41)50)38-22-9-12-25-45(38)51-48)33-26-27-44-40(29-33)36-20-7-10-23-42(36)49(44)34-17-5-2-6-18-34/h1-5,7-17,19-30H,6,18H2. The molecule has 11 rings (SSSR count). The van der Waals surface area contributed by atoms with E-state index in [4.69, 9.17) is 0 Å². The van der Waals surface area contributed by atoms with Crippen molar-refractivity contribution in [2.75, 3.05) is 0 Å². The minimum absolute atomic E-state index is 1.05. The van der Waals surface area contributed by atoms with Crippen LogP contribution in [0.2, 0.25) is 0 Å². The molecule has 240 valence electrons. The number of aromatic nitrogens is 2. The van der Waals surface area contributed by atoms with Crippen molar-refractivity contribution in [3.8, 4) is 27.9 Å². The average molecular weight is 669 g/mol. The molecular weight excluding hydrogens is 637 g/mol. The molecule has 0 amide bonds. The van der Waals surface area contributed by atoms with Crippen molar-refractivity contribution in [2.45, 2.75) is 12.8 Å². The van der Waals surface area contributed by atoms with Gasteiger partial charge < -0.3 is 9.13 Å². The molecule has 0 fully saturated rings. The summed E-state index contributed by atoms with van der Waals surface area (Å²) >= 11 is 1.91. The number of allylic oxidation sites excluding steroid dienone is 4. The van der Waals surface area contributed by atoms with E-state index in [9.17, 15) is 0 Å². The molecule has 0 N–H and O–H groups in total. The van der Waals surface area contributed by atoms with Gasteiger partial charge in [-0.2, -0.15) is 0 Å². The lowest BCUT2D eigenvalue weighted by Crippen LogP contribution is -1.98. The molecule has 2 nitrogen and oxygen atoms in total. The zero-order valence-electron chi connectivity index (χ0n) is 27.9. The first-order chi connectivity index (χ1) is 25.3. The summed E-state index contributed by atoms with van der Waals surface area (Å²) in [4.78, 5) is 0. The molecule has 10 aromatic rings. The topological polar surface area (TPSA) is 9.86 Å². The maximum atomic E-state index is 2.51. The van der Waals surface area contributed by atoms with Gasteiger partial charge in [0.15, 0.2) is 0 Å². The minimum Gasteiger partial charge on any atom is -0.313 e. The highest BCUT2D eigenvalue weighted by Gasteiger charge is 2.22. The smallest absolute Gasteiger partial charge is 0.0634 e. The van der Waals surface area contributed by atoms with Crippen molar-refractivity contribution in [1.82, 2.24) is 9.13 Å². The molecular formula is C48H32N2S. The molecule has 3 heteroatoms. The number of fused-ring (bicyclic) bond motifs is 10. The zero-order chi connectivity index (χ0) is 33.5. The highest BCUT2D eigenvalue weighted by molar-refractivity contribution is 7.26. The molecule has 0 spiro atoms. The third-order valence-electron chi connectivity index (χ3n) is 10.8. The highest BCUT2D eigenvalue weighted by atomic mass is 32.1. The Bertz CT molecular complexity index is 3070. The quantitative estimate of drug-likeness (QED) is 0.177. The van der Waals surface area contributed by atoms with E-state index in [1.54, 1.807) is 0 Å². The predicted octanol–water partition coefficient (Wildman–Crippen LogP) is 13.8.